The smallest absolute Gasteiger partial charge is 0.304 e. The quantitative estimate of drug-likeness (QED) is 0.595. The van der Waals surface area contributed by atoms with Crippen LogP contribution in [0.25, 0.3) is 0 Å². The summed E-state index contributed by atoms with van der Waals surface area (Å²) in [5, 5.41) is 10.4. The van der Waals surface area contributed by atoms with Gasteiger partial charge < -0.3 is 5.73 Å². The minimum Gasteiger partial charge on any atom is -0.329 e. The van der Waals surface area contributed by atoms with Crippen molar-refractivity contribution in [1.82, 2.24) is 4.72 Å². The van der Waals surface area contributed by atoms with Crippen molar-refractivity contribution in [3.05, 3.63) is 34.1 Å². The van der Waals surface area contributed by atoms with E-state index >= 15 is 0 Å². The Hall–Kier alpha value is -1.58. The lowest BCUT2D eigenvalue weighted by atomic mass is 10.3. The van der Waals surface area contributed by atoms with E-state index < -0.39 is 32.5 Å². The number of hydrogen-bond donors (Lipinski definition) is 2. The molecule has 1 aromatic rings. The molecule has 9 heteroatoms. The molecule has 0 aliphatic carbocycles. The first kappa shape index (κ1) is 14.5. The first-order chi connectivity index (χ1) is 8.27. The van der Waals surface area contributed by atoms with Gasteiger partial charge >= 0.3 is 5.69 Å². The maximum absolute atomic E-state index is 13.3. The molecule has 18 heavy (non-hydrogen) atoms. The lowest BCUT2D eigenvalue weighted by molar-refractivity contribution is -0.387. The van der Waals surface area contributed by atoms with Crippen molar-refractivity contribution in [3.8, 4) is 0 Å². The molecule has 0 spiro atoms. The van der Waals surface area contributed by atoms with Crippen molar-refractivity contribution >= 4 is 15.7 Å². The molecule has 1 atom stereocenters. The van der Waals surface area contributed by atoms with Gasteiger partial charge in [0.15, 0.2) is 0 Å². The van der Waals surface area contributed by atoms with Crippen LogP contribution < -0.4 is 10.5 Å². The van der Waals surface area contributed by atoms with Crippen LogP contribution >= 0.6 is 0 Å². The Bertz CT molecular complexity index is 561. The molecule has 0 radical (unpaired) electrons. The van der Waals surface area contributed by atoms with Crippen LogP contribution in [0, 0.1) is 15.9 Å². The van der Waals surface area contributed by atoms with Gasteiger partial charge in [0.1, 0.15) is 0 Å². The van der Waals surface area contributed by atoms with Crippen LogP contribution in [0.2, 0.25) is 0 Å². The van der Waals surface area contributed by atoms with Crippen LogP contribution in [0.15, 0.2) is 23.1 Å². The Morgan fingerprint density at radius 2 is 2.17 bits per heavy atom. The summed E-state index contributed by atoms with van der Waals surface area (Å²) >= 11 is 0. The van der Waals surface area contributed by atoms with Gasteiger partial charge in [-0.1, -0.05) is 0 Å². The zero-order valence-electron chi connectivity index (χ0n) is 9.46. The fourth-order valence-corrected chi connectivity index (χ4v) is 2.45. The summed E-state index contributed by atoms with van der Waals surface area (Å²) in [6.45, 7) is 1.62. The first-order valence-corrected chi connectivity index (χ1v) is 6.42. The molecule has 0 fully saturated rings. The molecule has 0 heterocycles. The van der Waals surface area contributed by atoms with Crippen LogP contribution in [0.3, 0.4) is 0 Å². The third-order valence-corrected chi connectivity index (χ3v) is 3.72. The number of rotatable bonds is 5. The molecule has 1 unspecified atom stereocenters. The second-order valence-corrected chi connectivity index (χ2v) is 5.34. The Labute approximate surface area is 103 Å². The molecular formula is C9H12FN3O4S. The van der Waals surface area contributed by atoms with E-state index in [2.05, 4.69) is 4.72 Å². The fraction of sp³-hybridized carbons (Fsp3) is 0.333. The Kier molecular flexibility index (Phi) is 4.33. The Morgan fingerprint density at radius 3 is 2.61 bits per heavy atom. The van der Waals surface area contributed by atoms with E-state index in [1.165, 1.54) is 0 Å². The maximum Gasteiger partial charge on any atom is 0.304 e. The van der Waals surface area contributed by atoms with Gasteiger partial charge in [-0.2, -0.15) is 4.39 Å². The molecule has 0 amide bonds. The molecule has 0 aliphatic rings. The third kappa shape index (κ3) is 3.22. The summed E-state index contributed by atoms with van der Waals surface area (Å²) in [6, 6.07) is 1.85. The lowest BCUT2D eigenvalue weighted by Gasteiger charge is -2.11. The lowest BCUT2D eigenvalue weighted by Crippen LogP contribution is -2.37. The van der Waals surface area contributed by atoms with Crippen LogP contribution in [0.4, 0.5) is 10.1 Å². The molecule has 0 aromatic heterocycles. The van der Waals surface area contributed by atoms with Crippen LogP contribution in [0.1, 0.15) is 6.92 Å². The van der Waals surface area contributed by atoms with Crippen LogP contribution in [-0.2, 0) is 10.0 Å². The second kappa shape index (κ2) is 5.38. The van der Waals surface area contributed by atoms with Crippen molar-refractivity contribution in [2.45, 2.75) is 17.9 Å². The van der Waals surface area contributed by atoms with Gasteiger partial charge in [0.2, 0.25) is 15.8 Å². The van der Waals surface area contributed by atoms with Gasteiger partial charge in [-0.3, -0.25) is 10.1 Å². The number of nitrogens with two attached hydrogens (primary N) is 1. The Balaban J connectivity index is 3.12. The van der Waals surface area contributed by atoms with Gasteiger partial charge in [-0.05, 0) is 13.0 Å². The number of nitro benzene ring substituents is 1. The molecule has 0 saturated carbocycles. The third-order valence-electron chi connectivity index (χ3n) is 2.14. The normalized spacial score (nSPS) is 13.3. The maximum atomic E-state index is 13.3. The van der Waals surface area contributed by atoms with Crippen LogP contribution in [0.5, 0.6) is 0 Å². The van der Waals surface area contributed by atoms with Crippen molar-refractivity contribution < 1.29 is 17.7 Å². The van der Waals surface area contributed by atoms with E-state index in [4.69, 9.17) is 5.73 Å². The SMILES string of the molecule is CC(CN)NS(=O)(=O)c1ccc([N+](=O)[O-])c(F)c1. The number of sulfonamides is 1. The first-order valence-electron chi connectivity index (χ1n) is 4.94. The fourth-order valence-electron chi connectivity index (χ4n) is 1.18. The highest BCUT2D eigenvalue weighted by Crippen LogP contribution is 2.20. The summed E-state index contributed by atoms with van der Waals surface area (Å²) in [5.74, 6) is -1.21. The predicted octanol–water partition coefficient (Wildman–Crippen LogP) is 0.359. The summed E-state index contributed by atoms with van der Waals surface area (Å²) in [5.41, 5.74) is 4.48. The molecule has 3 N–H and O–H groups in total. The number of nitrogens with zero attached hydrogens (tertiary/aromatic N) is 1. The number of nitro groups is 1. The summed E-state index contributed by atoms with van der Waals surface area (Å²) in [7, 11) is -3.93. The monoisotopic (exact) mass is 277 g/mol. The second-order valence-electron chi connectivity index (χ2n) is 3.63. The zero-order chi connectivity index (χ0) is 13.9. The van der Waals surface area contributed by atoms with Gasteiger partial charge in [-0.15, -0.1) is 0 Å². The molecular weight excluding hydrogens is 265 g/mol. The molecule has 0 saturated heterocycles. The summed E-state index contributed by atoms with van der Waals surface area (Å²) in [6.07, 6.45) is 0. The van der Waals surface area contributed by atoms with Crippen molar-refractivity contribution in [1.29, 1.82) is 0 Å². The Morgan fingerprint density at radius 1 is 1.56 bits per heavy atom. The minimum absolute atomic E-state index is 0.0781. The highest BCUT2D eigenvalue weighted by molar-refractivity contribution is 7.89. The van der Waals surface area contributed by atoms with Crippen LogP contribution in [-0.4, -0.2) is 25.9 Å². The number of nitrogens with one attached hydrogen (secondary N) is 1. The largest absolute Gasteiger partial charge is 0.329 e. The van der Waals surface area contributed by atoms with E-state index in [1.807, 2.05) is 0 Å². The number of halogens is 1. The predicted molar refractivity (Wildman–Crippen MR) is 61.9 cm³/mol. The van der Waals surface area contributed by atoms with E-state index in [-0.39, 0.29) is 11.4 Å². The van der Waals surface area contributed by atoms with E-state index in [0.717, 1.165) is 12.1 Å². The average Bonchev–Trinajstić information content (AvgIpc) is 2.27. The molecule has 0 aliphatic heterocycles. The van der Waals surface area contributed by atoms with Gasteiger partial charge in [0.05, 0.1) is 9.82 Å². The molecule has 0 bridgehead atoms. The number of hydrogen-bond acceptors (Lipinski definition) is 5. The van der Waals surface area contributed by atoms with Crippen molar-refractivity contribution in [2.24, 2.45) is 5.73 Å². The topological polar surface area (TPSA) is 115 Å². The van der Waals surface area contributed by atoms with Gasteiger partial charge in [0, 0.05) is 24.7 Å². The summed E-state index contributed by atoms with van der Waals surface area (Å²) < 4.78 is 39.0. The molecule has 100 valence electrons. The van der Waals surface area contributed by atoms with E-state index in [1.54, 1.807) is 6.92 Å². The van der Waals surface area contributed by atoms with Gasteiger partial charge in [0.25, 0.3) is 0 Å². The minimum atomic E-state index is -3.93. The summed E-state index contributed by atoms with van der Waals surface area (Å²) in [4.78, 5) is 9.08. The van der Waals surface area contributed by atoms with E-state index in [9.17, 15) is 22.9 Å². The van der Waals surface area contributed by atoms with E-state index in [0.29, 0.717) is 6.07 Å². The van der Waals surface area contributed by atoms with Crippen molar-refractivity contribution in [3.63, 3.8) is 0 Å². The molecule has 7 nitrogen and oxygen atoms in total. The standard InChI is InChI=1S/C9H12FN3O4S/c1-6(5-11)12-18(16,17)7-2-3-9(13(14)15)8(10)4-7/h2-4,6,12H,5,11H2,1H3. The number of benzene rings is 1. The molecule has 1 aromatic carbocycles. The molecule has 1 rings (SSSR count). The average molecular weight is 277 g/mol. The highest BCUT2D eigenvalue weighted by Gasteiger charge is 2.21. The van der Waals surface area contributed by atoms with Crippen molar-refractivity contribution in [2.75, 3.05) is 6.54 Å². The highest BCUT2D eigenvalue weighted by atomic mass is 32.2. The zero-order valence-corrected chi connectivity index (χ0v) is 10.3. The van der Waals surface area contributed by atoms with Gasteiger partial charge in [-0.25, -0.2) is 13.1 Å².